The van der Waals surface area contributed by atoms with Crippen LogP contribution in [0.3, 0.4) is 0 Å². The molecule has 1 aliphatic rings. The minimum Gasteiger partial charge on any atom is -0.352 e. The fourth-order valence-electron chi connectivity index (χ4n) is 3.05. The van der Waals surface area contributed by atoms with Gasteiger partial charge in [-0.1, -0.05) is 0 Å². The number of H-pyrrole nitrogens is 1. The van der Waals surface area contributed by atoms with E-state index in [2.05, 4.69) is 30.2 Å². The summed E-state index contributed by atoms with van der Waals surface area (Å²) >= 11 is 0. The summed E-state index contributed by atoms with van der Waals surface area (Å²) in [5.74, 6) is 0.848. The van der Waals surface area contributed by atoms with Crippen LogP contribution in [0.1, 0.15) is 5.56 Å². The molecule has 8 heteroatoms. The summed E-state index contributed by atoms with van der Waals surface area (Å²) in [7, 11) is 0. The van der Waals surface area contributed by atoms with Crippen molar-refractivity contribution in [2.45, 2.75) is 6.92 Å². The standard InChI is InChI=1S/C17H19N7O/c1-12-13-2-3-20-16(13)21-10-14(12)22-17(25)24-8-6-23(7-9-24)15-11-18-4-5-19-15/h2-5,10-11H,6-9H2,1H3,(H,20,21)(H,22,25). The van der Waals surface area contributed by atoms with Gasteiger partial charge in [-0.05, 0) is 18.6 Å². The van der Waals surface area contributed by atoms with Crippen molar-refractivity contribution in [3.8, 4) is 0 Å². The van der Waals surface area contributed by atoms with E-state index in [1.54, 1.807) is 24.8 Å². The van der Waals surface area contributed by atoms with E-state index in [0.29, 0.717) is 13.1 Å². The van der Waals surface area contributed by atoms with Gasteiger partial charge in [-0.3, -0.25) is 4.98 Å². The lowest BCUT2D eigenvalue weighted by atomic mass is 10.2. The van der Waals surface area contributed by atoms with E-state index >= 15 is 0 Å². The van der Waals surface area contributed by atoms with Gasteiger partial charge in [0.2, 0.25) is 0 Å². The van der Waals surface area contributed by atoms with Gasteiger partial charge < -0.3 is 20.1 Å². The maximum atomic E-state index is 12.6. The number of aromatic nitrogens is 4. The molecule has 0 spiro atoms. The number of hydrogen-bond acceptors (Lipinski definition) is 5. The minimum absolute atomic E-state index is 0.0985. The summed E-state index contributed by atoms with van der Waals surface area (Å²) in [6, 6.07) is 1.87. The van der Waals surface area contributed by atoms with Crippen LogP contribution in [-0.2, 0) is 0 Å². The predicted octanol–water partition coefficient (Wildman–Crippen LogP) is 2.02. The summed E-state index contributed by atoms with van der Waals surface area (Å²) in [6.45, 7) is 4.74. The first-order chi connectivity index (χ1) is 12.2. The van der Waals surface area contributed by atoms with Gasteiger partial charge >= 0.3 is 6.03 Å². The maximum absolute atomic E-state index is 12.6. The average Bonchev–Trinajstić information content (AvgIpc) is 3.14. The molecule has 0 unspecified atom stereocenters. The van der Waals surface area contributed by atoms with Crippen molar-refractivity contribution in [3.05, 3.63) is 42.6 Å². The lowest BCUT2D eigenvalue weighted by molar-refractivity contribution is 0.208. The first kappa shape index (κ1) is 15.4. The molecule has 1 saturated heterocycles. The van der Waals surface area contributed by atoms with Crippen molar-refractivity contribution in [1.29, 1.82) is 0 Å². The van der Waals surface area contributed by atoms with Gasteiger partial charge in [0.15, 0.2) is 0 Å². The van der Waals surface area contributed by atoms with E-state index < -0.39 is 0 Å². The van der Waals surface area contributed by atoms with Gasteiger partial charge in [0, 0.05) is 50.2 Å². The summed E-state index contributed by atoms with van der Waals surface area (Å²) < 4.78 is 0. The second-order valence-corrected chi connectivity index (χ2v) is 6.00. The highest BCUT2D eigenvalue weighted by molar-refractivity contribution is 5.94. The third kappa shape index (κ3) is 2.98. The number of carbonyl (C=O) groups is 1. The molecule has 0 aliphatic carbocycles. The molecule has 2 N–H and O–H groups in total. The zero-order valence-corrected chi connectivity index (χ0v) is 13.9. The molecular formula is C17H19N7O. The molecule has 0 atom stereocenters. The first-order valence-electron chi connectivity index (χ1n) is 8.22. The zero-order chi connectivity index (χ0) is 17.2. The molecule has 1 aliphatic heterocycles. The summed E-state index contributed by atoms with van der Waals surface area (Å²) in [4.78, 5) is 32.3. The van der Waals surface area contributed by atoms with Crippen LogP contribution in [0.15, 0.2) is 37.1 Å². The number of fused-ring (bicyclic) bond motifs is 1. The largest absolute Gasteiger partial charge is 0.352 e. The van der Waals surface area contributed by atoms with Gasteiger partial charge in [-0.2, -0.15) is 0 Å². The molecule has 25 heavy (non-hydrogen) atoms. The Labute approximate surface area is 144 Å². The molecule has 4 heterocycles. The smallest absolute Gasteiger partial charge is 0.322 e. The Hall–Kier alpha value is -3.16. The number of pyridine rings is 1. The molecule has 0 radical (unpaired) electrons. The van der Waals surface area contributed by atoms with E-state index in [1.165, 1.54) is 0 Å². The second kappa shape index (κ2) is 6.39. The quantitative estimate of drug-likeness (QED) is 0.747. The second-order valence-electron chi connectivity index (χ2n) is 6.00. The van der Waals surface area contributed by atoms with Gasteiger partial charge in [0.25, 0.3) is 0 Å². The molecule has 2 amide bonds. The van der Waals surface area contributed by atoms with Crippen LogP contribution in [0.2, 0.25) is 0 Å². The Bertz CT molecular complexity index is 884. The number of nitrogens with one attached hydrogen (secondary N) is 2. The van der Waals surface area contributed by atoms with Crippen LogP contribution < -0.4 is 10.2 Å². The van der Waals surface area contributed by atoms with E-state index in [-0.39, 0.29) is 6.03 Å². The number of anilines is 2. The van der Waals surface area contributed by atoms with Crippen molar-refractivity contribution in [2.75, 3.05) is 36.4 Å². The number of carbonyl (C=O) groups excluding carboxylic acids is 1. The Morgan fingerprint density at radius 1 is 1.16 bits per heavy atom. The van der Waals surface area contributed by atoms with Gasteiger partial charge in [0.05, 0.1) is 18.1 Å². The Morgan fingerprint density at radius 3 is 2.76 bits per heavy atom. The number of aryl methyl sites for hydroxylation is 1. The van der Waals surface area contributed by atoms with Crippen molar-refractivity contribution in [3.63, 3.8) is 0 Å². The molecule has 8 nitrogen and oxygen atoms in total. The van der Waals surface area contributed by atoms with Crippen LogP contribution in [0, 0.1) is 6.92 Å². The zero-order valence-electron chi connectivity index (χ0n) is 13.9. The highest BCUT2D eigenvalue weighted by Crippen LogP contribution is 2.23. The van der Waals surface area contributed by atoms with E-state index in [9.17, 15) is 4.79 Å². The highest BCUT2D eigenvalue weighted by Gasteiger charge is 2.22. The van der Waals surface area contributed by atoms with Crippen LogP contribution >= 0.6 is 0 Å². The monoisotopic (exact) mass is 337 g/mol. The van der Waals surface area contributed by atoms with Gasteiger partial charge in [-0.15, -0.1) is 0 Å². The molecular weight excluding hydrogens is 318 g/mol. The third-order valence-corrected chi connectivity index (χ3v) is 4.54. The van der Waals surface area contributed by atoms with Crippen molar-refractivity contribution < 1.29 is 4.79 Å². The molecule has 0 aromatic carbocycles. The number of urea groups is 1. The van der Waals surface area contributed by atoms with E-state index in [1.807, 2.05) is 24.1 Å². The Morgan fingerprint density at radius 2 is 2.00 bits per heavy atom. The third-order valence-electron chi connectivity index (χ3n) is 4.54. The summed E-state index contributed by atoms with van der Waals surface area (Å²) in [6.07, 6.45) is 8.63. The fraction of sp³-hybridized carbons (Fsp3) is 0.294. The molecule has 0 bridgehead atoms. The van der Waals surface area contributed by atoms with Crippen molar-refractivity contribution >= 4 is 28.6 Å². The van der Waals surface area contributed by atoms with Crippen molar-refractivity contribution in [2.24, 2.45) is 0 Å². The maximum Gasteiger partial charge on any atom is 0.322 e. The lowest BCUT2D eigenvalue weighted by Gasteiger charge is -2.35. The lowest BCUT2D eigenvalue weighted by Crippen LogP contribution is -2.50. The predicted molar refractivity (Wildman–Crippen MR) is 95.7 cm³/mol. The summed E-state index contributed by atoms with van der Waals surface area (Å²) in [5.41, 5.74) is 2.58. The van der Waals surface area contributed by atoms with Crippen molar-refractivity contribution in [1.82, 2.24) is 24.8 Å². The topological polar surface area (TPSA) is 90.0 Å². The van der Waals surface area contributed by atoms with Gasteiger partial charge in [0.1, 0.15) is 11.5 Å². The minimum atomic E-state index is -0.0985. The SMILES string of the molecule is Cc1c(NC(=O)N2CCN(c3cnccn3)CC2)cnc2[nH]ccc12. The molecule has 4 rings (SSSR count). The number of hydrogen-bond donors (Lipinski definition) is 2. The Kier molecular flexibility index (Phi) is 3.93. The summed E-state index contributed by atoms with van der Waals surface area (Å²) in [5, 5.41) is 4.00. The number of rotatable bonds is 2. The van der Waals surface area contributed by atoms with Crippen LogP contribution in [0.4, 0.5) is 16.3 Å². The van der Waals surface area contributed by atoms with Gasteiger partial charge in [-0.25, -0.2) is 14.8 Å². The first-order valence-corrected chi connectivity index (χ1v) is 8.22. The Balaban J connectivity index is 1.41. The average molecular weight is 337 g/mol. The number of amides is 2. The molecule has 3 aromatic rings. The van der Waals surface area contributed by atoms with Crippen LogP contribution in [0.25, 0.3) is 11.0 Å². The van der Waals surface area contributed by atoms with Crippen LogP contribution in [-0.4, -0.2) is 57.0 Å². The number of piperazine rings is 1. The molecule has 3 aromatic heterocycles. The van der Waals surface area contributed by atoms with E-state index in [4.69, 9.17) is 0 Å². The molecule has 0 saturated carbocycles. The molecule has 1 fully saturated rings. The highest BCUT2D eigenvalue weighted by atomic mass is 16.2. The fourth-order valence-corrected chi connectivity index (χ4v) is 3.05. The number of aromatic amines is 1. The normalized spacial score (nSPS) is 14.8. The van der Waals surface area contributed by atoms with Crippen LogP contribution in [0.5, 0.6) is 0 Å². The number of nitrogens with zero attached hydrogens (tertiary/aromatic N) is 5. The molecule has 128 valence electrons. The van der Waals surface area contributed by atoms with E-state index in [0.717, 1.165) is 41.2 Å².